The van der Waals surface area contributed by atoms with Crippen LogP contribution in [0.25, 0.3) is 11.1 Å². The van der Waals surface area contributed by atoms with E-state index in [1.807, 2.05) is 35.2 Å². The summed E-state index contributed by atoms with van der Waals surface area (Å²) in [5.41, 5.74) is 3.18. The number of rotatable bonds is 5. The fourth-order valence-corrected chi connectivity index (χ4v) is 3.36. The zero-order chi connectivity index (χ0) is 17.1. The summed E-state index contributed by atoms with van der Waals surface area (Å²) in [6, 6.07) is 18.7. The number of carbonyl (C=O) groups is 1. The van der Waals surface area contributed by atoms with E-state index in [0.29, 0.717) is 12.0 Å². The van der Waals surface area contributed by atoms with Crippen molar-refractivity contribution >= 4 is 11.7 Å². The topological polar surface area (TPSA) is 41.6 Å². The molecule has 0 bridgehead atoms. The number of carbonyl (C=O) groups excluding carboxylic acids is 1. The number of ether oxygens (including phenoxy) is 1. The maximum absolute atomic E-state index is 12.7. The van der Waals surface area contributed by atoms with E-state index in [2.05, 4.69) is 29.6 Å². The van der Waals surface area contributed by atoms with Crippen LogP contribution in [0.15, 0.2) is 54.6 Å². The normalized spacial score (nSPS) is 19.6. The molecule has 130 valence electrons. The highest BCUT2D eigenvalue weighted by Gasteiger charge is 2.34. The van der Waals surface area contributed by atoms with Crippen LogP contribution in [0.3, 0.4) is 0 Å². The molecule has 1 saturated heterocycles. The monoisotopic (exact) mass is 336 g/mol. The third-order valence-corrected chi connectivity index (χ3v) is 4.97. The van der Waals surface area contributed by atoms with Gasteiger partial charge >= 0.3 is 6.03 Å². The predicted molar refractivity (Wildman–Crippen MR) is 99.6 cm³/mol. The molecule has 1 unspecified atom stereocenters. The molecule has 4 rings (SSSR count). The molecule has 2 aliphatic rings. The fraction of sp³-hybridized carbons (Fsp3) is 0.381. The van der Waals surface area contributed by atoms with Crippen LogP contribution in [0.4, 0.5) is 10.5 Å². The molecule has 1 saturated carbocycles. The van der Waals surface area contributed by atoms with Crippen molar-refractivity contribution in [2.24, 2.45) is 5.92 Å². The summed E-state index contributed by atoms with van der Waals surface area (Å²) >= 11 is 0. The minimum Gasteiger partial charge on any atom is -0.381 e. The Bertz CT molecular complexity index is 704. The zero-order valence-electron chi connectivity index (χ0n) is 14.4. The predicted octanol–water partition coefficient (Wildman–Crippen LogP) is 4.39. The lowest BCUT2D eigenvalue weighted by Gasteiger charge is -2.25. The number of nitrogens with zero attached hydrogens (tertiary/aromatic N) is 1. The van der Waals surface area contributed by atoms with E-state index in [1.165, 1.54) is 5.56 Å². The minimum absolute atomic E-state index is 0.0156. The highest BCUT2D eigenvalue weighted by Crippen LogP contribution is 2.30. The first-order valence-electron chi connectivity index (χ1n) is 9.10. The molecule has 4 heteroatoms. The third-order valence-electron chi connectivity index (χ3n) is 4.97. The minimum atomic E-state index is 0.0156. The summed E-state index contributed by atoms with van der Waals surface area (Å²) in [6.07, 6.45) is 3.30. The third kappa shape index (κ3) is 4.02. The summed E-state index contributed by atoms with van der Waals surface area (Å²) in [5, 5.41) is 3.06. The molecule has 1 atom stereocenters. The van der Waals surface area contributed by atoms with E-state index in [0.717, 1.165) is 50.3 Å². The second kappa shape index (κ2) is 7.28. The molecular weight excluding hydrogens is 312 g/mol. The van der Waals surface area contributed by atoms with E-state index in [-0.39, 0.29) is 6.03 Å². The first-order valence-corrected chi connectivity index (χ1v) is 9.10. The number of anilines is 1. The van der Waals surface area contributed by atoms with E-state index in [4.69, 9.17) is 4.74 Å². The van der Waals surface area contributed by atoms with Gasteiger partial charge in [-0.25, -0.2) is 4.79 Å². The van der Waals surface area contributed by atoms with Gasteiger partial charge in [-0.15, -0.1) is 0 Å². The van der Waals surface area contributed by atoms with Crippen molar-refractivity contribution in [3.63, 3.8) is 0 Å². The highest BCUT2D eigenvalue weighted by atomic mass is 16.5. The fourth-order valence-electron chi connectivity index (χ4n) is 3.36. The molecule has 1 heterocycles. The summed E-state index contributed by atoms with van der Waals surface area (Å²) in [5.74, 6) is 0.479. The smallest absolute Gasteiger partial charge is 0.322 e. The van der Waals surface area contributed by atoms with Crippen molar-refractivity contribution in [3.05, 3.63) is 54.6 Å². The average molecular weight is 336 g/mol. The van der Waals surface area contributed by atoms with E-state index < -0.39 is 0 Å². The lowest BCUT2D eigenvalue weighted by atomic mass is 10.1. The summed E-state index contributed by atoms with van der Waals surface area (Å²) < 4.78 is 5.45. The zero-order valence-corrected chi connectivity index (χ0v) is 14.4. The molecule has 1 aliphatic carbocycles. The van der Waals surface area contributed by atoms with Crippen LogP contribution in [0.1, 0.15) is 19.3 Å². The first kappa shape index (κ1) is 16.2. The Morgan fingerprint density at radius 2 is 1.72 bits per heavy atom. The van der Waals surface area contributed by atoms with Crippen LogP contribution in [-0.2, 0) is 4.74 Å². The molecule has 4 nitrogen and oxygen atoms in total. The molecule has 1 aliphatic heterocycles. The quantitative estimate of drug-likeness (QED) is 0.880. The summed E-state index contributed by atoms with van der Waals surface area (Å²) in [7, 11) is 0. The maximum atomic E-state index is 12.7. The van der Waals surface area contributed by atoms with Gasteiger partial charge in [0.05, 0.1) is 6.61 Å². The Balaban J connectivity index is 1.40. The second-order valence-corrected chi connectivity index (χ2v) is 6.99. The number of hydrogen-bond donors (Lipinski definition) is 1. The molecule has 2 aromatic carbocycles. The molecule has 0 spiro atoms. The Kier molecular flexibility index (Phi) is 4.70. The molecule has 1 N–H and O–H groups in total. The van der Waals surface area contributed by atoms with Gasteiger partial charge in [-0.05, 0) is 42.5 Å². The highest BCUT2D eigenvalue weighted by molar-refractivity contribution is 5.90. The van der Waals surface area contributed by atoms with E-state index in [9.17, 15) is 4.79 Å². The van der Waals surface area contributed by atoms with Gasteiger partial charge in [0.2, 0.25) is 0 Å². The standard InChI is InChI=1S/C21H24N2O2/c24-21(23(20-10-11-20)14-16-12-13-25-15-16)22-19-8-6-18(7-9-19)17-4-2-1-3-5-17/h1-9,16,20H,10-15H2,(H,22,24). The van der Waals surface area contributed by atoms with Crippen LogP contribution in [0, 0.1) is 5.92 Å². The van der Waals surface area contributed by atoms with Crippen molar-refractivity contribution in [1.82, 2.24) is 4.90 Å². The van der Waals surface area contributed by atoms with Gasteiger partial charge in [-0.3, -0.25) is 0 Å². The van der Waals surface area contributed by atoms with Crippen LogP contribution >= 0.6 is 0 Å². The average Bonchev–Trinajstić information content (AvgIpc) is 3.36. The Hall–Kier alpha value is -2.33. The second-order valence-electron chi connectivity index (χ2n) is 6.99. The Morgan fingerprint density at radius 3 is 2.36 bits per heavy atom. The number of amides is 2. The molecule has 2 aromatic rings. The van der Waals surface area contributed by atoms with Crippen LogP contribution < -0.4 is 5.32 Å². The van der Waals surface area contributed by atoms with Gasteiger partial charge in [0.25, 0.3) is 0 Å². The van der Waals surface area contributed by atoms with Crippen molar-refractivity contribution in [3.8, 4) is 11.1 Å². The van der Waals surface area contributed by atoms with E-state index in [1.54, 1.807) is 0 Å². The van der Waals surface area contributed by atoms with Gasteiger partial charge in [-0.1, -0.05) is 42.5 Å². The van der Waals surface area contributed by atoms with Gasteiger partial charge in [0, 0.05) is 30.8 Å². The Labute approximate surface area is 148 Å². The number of urea groups is 1. The largest absolute Gasteiger partial charge is 0.381 e. The van der Waals surface area contributed by atoms with Gasteiger partial charge < -0.3 is 15.0 Å². The van der Waals surface area contributed by atoms with E-state index >= 15 is 0 Å². The van der Waals surface area contributed by atoms with Crippen molar-refractivity contribution in [1.29, 1.82) is 0 Å². The lowest BCUT2D eigenvalue weighted by Crippen LogP contribution is -2.40. The molecule has 2 fully saturated rings. The number of benzene rings is 2. The number of hydrogen-bond acceptors (Lipinski definition) is 2. The van der Waals surface area contributed by atoms with Crippen molar-refractivity contribution in [2.45, 2.75) is 25.3 Å². The lowest BCUT2D eigenvalue weighted by molar-refractivity contribution is 0.167. The van der Waals surface area contributed by atoms with Crippen LogP contribution in [0.2, 0.25) is 0 Å². The first-order chi connectivity index (χ1) is 12.3. The number of nitrogens with one attached hydrogen (secondary N) is 1. The maximum Gasteiger partial charge on any atom is 0.322 e. The van der Waals surface area contributed by atoms with Gasteiger partial charge in [0.1, 0.15) is 0 Å². The van der Waals surface area contributed by atoms with Crippen LogP contribution in [-0.4, -0.2) is 36.7 Å². The van der Waals surface area contributed by atoms with Gasteiger partial charge in [0.15, 0.2) is 0 Å². The summed E-state index contributed by atoms with van der Waals surface area (Å²) in [4.78, 5) is 14.7. The molecule has 0 aromatic heterocycles. The van der Waals surface area contributed by atoms with Gasteiger partial charge in [-0.2, -0.15) is 0 Å². The molecule has 2 amide bonds. The summed E-state index contributed by atoms with van der Waals surface area (Å²) in [6.45, 7) is 2.41. The Morgan fingerprint density at radius 1 is 1.00 bits per heavy atom. The SMILES string of the molecule is O=C(Nc1ccc(-c2ccccc2)cc1)N(CC1CCOC1)C1CC1. The molecule has 0 radical (unpaired) electrons. The molecular formula is C21H24N2O2. The van der Waals surface area contributed by atoms with Crippen molar-refractivity contribution < 1.29 is 9.53 Å². The van der Waals surface area contributed by atoms with Crippen molar-refractivity contribution in [2.75, 3.05) is 25.1 Å². The molecule has 25 heavy (non-hydrogen) atoms. The van der Waals surface area contributed by atoms with Crippen LogP contribution in [0.5, 0.6) is 0 Å².